The smallest absolute Gasteiger partial charge is 0.0562 e. The van der Waals surface area contributed by atoms with E-state index in [1.165, 1.54) is 31.5 Å². The highest BCUT2D eigenvalue weighted by molar-refractivity contribution is 5.48. The van der Waals surface area contributed by atoms with Crippen LogP contribution in [0.4, 0.5) is 5.69 Å². The molecule has 2 rings (SSSR count). The summed E-state index contributed by atoms with van der Waals surface area (Å²) in [7, 11) is 0. The van der Waals surface area contributed by atoms with Crippen molar-refractivity contribution in [3.05, 3.63) is 24.0 Å². The van der Waals surface area contributed by atoms with E-state index in [0.717, 1.165) is 24.7 Å². The zero-order chi connectivity index (χ0) is 13.7. The highest BCUT2D eigenvalue weighted by atomic mass is 15.2. The summed E-state index contributed by atoms with van der Waals surface area (Å²) in [6.45, 7) is 10.00. The van der Waals surface area contributed by atoms with Gasteiger partial charge in [0.1, 0.15) is 0 Å². The van der Waals surface area contributed by atoms with Crippen molar-refractivity contribution < 1.29 is 0 Å². The summed E-state index contributed by atoms with van der Waals surface area (Å²) in [6.07, 6.45) is 5.71. The van der Waals surface area contributed by atoms with E-state index >= 15 is 0 Å². The maximum Gasteiger partial charge on any atom is 0.0562 e. The third-order valence-corrected chi connectivity index (χ3v) is 4.00. The summed E-state index contributed by atoms with van der Waals surface area (Å²) in [5.41, 5.74) is 2.49. The lowest BCUT2D eigenvalue weighted by molar-refractivity contribution is 0.378. The highest BCUT2D eigenvalue weighted by Gasteiger charge is 2.23. The molecule has 3 nitrogen and oxygen atoms in total. The molecule has 0 spiro atoms. The van der Waals surface area contributed by atoms with Crippen LogP contribution >= 0.6 is 0 Å². The van der Waals surface area contributed by atoms with Gasteiger partial charge in [-0.15, -0.1) is 0 Å². The fraction of sp³-hybridized carbons (Fsp3) is 0.688. The van der Waals surface area contributed by atoms with Crippen LogP contribution in [0.25, 0.3) is 0 Å². The molecule has 1 aromatic rings. The van der Waals surface area contributed by atoms with Gasteiger partial charge in [-0.25, -0.2) is 0 Å². The maximum atomic E-state index is 4.46. The van der Waals surface area contributed by atoms with E-state index < -0.39 is 0 Å². The number of nitrogens with one attached hydrogen (secondary N) is 1. The summed E-state index contributed by atoms with van der Waals surface area (Å²) < 4.78 is 0. The number of anilines is 1. The second kappa shape index (κ2) is 6.90. The molecular weight excluding hydrogens is 234 g/mol. The summed E-state index contributed by atoms with van der Waals surface area (Å²) in [5.74, 6) is 0.860. The molecule has 1 aliphatic rings. The number of hydrogen-bond donors (Lipinski definition) is 1. The Morgan fingerprint density at radius 2 is 2.26 bits per heavy atom. The SMILES string of the molecule is CCCNCc1cc(N2CCC(C)CC2C)ccn1. The topological polar surface area (TPSA) is 28.2 Å². The molecule has 1 aliphatic heterocycles. The van der Waals surface area contributed by atoms with Crippen LogP contribution in [0.15, 0.2) is 18.3 Å². The van der Waals surface area contributed by atoms with Crippen molar-refractivity contribution in [1.29, 1.82) is 0 Å². The van der Waals surface area contributed by atoms with E-state index in [2.05, 4.69) is 48.1 Å². The third-order valence-electron chi connectivity index (χ3n) is 4.00. The molecule has 1 saturated heterocycles. The lowest BCUT2D eigenvalue weighted by Crippen LogP contribution is -2.40. The maximum absolute atomic E-state index is 4.46. The van der Waals surface area contributed by atoms with Gasteiger partial charge in [0.25, 0.3) is 0 Å². The molecule has 2 unspecified atom stereocenters. The van der Waals surface area contributed by atoms with Crippen molar-refractivity contribution in [3.8, 4) is 0 Å². The average Bonchev–Trinajstić information content (AvgIpc) is 2.39. The number of aromatic nitrogens is 1. The van der Waals surface area contributed by atoms with Gasteiger partial charge in [-0.3, -0.25) is 4.98 Å². The van der Waals surface area contributed by atoms with Gasteiger partial charge in [0.05, 0.1) is 5.69 Å². The molecule has 1 N–H and O–H groups in total. The Balaban J connectivity index is 2.01. The number of nitrogens with zero attached hydrogens (tertiary/aromatic N) is 2. The normalized spacial score (nSPS) is 23.6. The van der Waals surface area contributed by atoms with Crippen molar-refractivity contribution in [2.75, 3.05) is 18.0 Å². The molecule has 3 heteroatoms. The molecule has 0 bridgehead atoms. The van der Waals surface area contributed by atoms with Gasteiger partial charge in [0, 0.05) is 31.0 Å². The number of piperidine rings is 1. The van der Waals surface area contributed by atoms with Crippen LogP contribution in [0.5, 0.6) is 0 Å². The Kier molecular flexibility index (Phi) is 5.20. The van der Waals surface area contributed by atoms with Crippen LogP contribution in [0, 0.1) is 5.92 Å². The first kappa shape index (κ1) is 14.3. The number of hydrogen-bond acceptors (Lipinski definition) is 3. The molecule has 0 aromatic carbocycles. The summed E-state index contributed by atoms with van der Waals surface area (Å²) in [6, 6.07) is 5.04. The van der Waals surface area contributed by atoms with Gasteiger partial charge in [0.2, 0.25) is 0 Å². The lowest BCUT2D eigenvalue weighted by Gasteiger charge is -2.38. The number of rotatable bonds is 5. The molecular formula is C16H27N3. The second-order valence-electron chi connectivity index (χ2n) is 5.85. The van der Waals surface area contributed by atoms with Crippen LogP contribution in [0.2, 0.25) is 0 Å². The van der Waals surface area contributed by atoms with Gasteiger partial charge in [0.15, 0.2) is 0 Å². The molecule has 1 aromatic heterocycles. The van der Waals surface area contributed by atoms with Crippen LogP contribution in [-0.4, -0.2) is 24.1 Å². The molecule has 2 heterocycles. The van der Waals surface area contributed by atoms with E-state index in [4.69, 9.17) is 0 Å². The largest absolute Gasteiger partial charge is 0.369 e. The molecule has 2 atom stereocenters. The van der Waals surface area contributed by atoms with Crippen LogP contribution < -0.4 is 10.2 Å². The highest BCUT2D eigenvalue weighted by Crippen LogP contribution is 2.27. The van der Waals surface area contributed by atoms with Crippen molar-refractivity contribution in [1.82, 2.24) is 10.3 Å². The number of pyridine rings is 1. The second-order valence-corrected chi connectivity index (χ2v) is 5.85. The average molecular weight is 261 g/mol. The predicted octanol–water partition coefficient (Wildman–Crippen LogP) is 3.21. The Bertz CT molecular complexity index is 391. The molecule has 1 fully saturated rings. The van der Waals surface area contributed by atoms with Crippen molar-refractivity contribution >= 4 is 5.69 Å². The van der Waals surface area contributed by atoms with Gasteiger partial charge >= 0.3 is 0 Å². The first-order chi connectivity index (χ1) is 9.20. The van der Waals surface area contributed by atoms with Crippen molar-refractivity contribution in [2.24, 2.45) is 5.92 Å². The summed E-state index contributed by atoms with van der Waals surface area (Å²) in [5, 5.41) is 3.42. The molecule has 106 valence electrons. The Labute approximate surface area is 117 Å². The standard InChI is InChI=1S/C16H27N3/c1-4-7-17-12-15-11-16(5-8-18-15)19-9-6-13(2)10-14(19)3/h5,8,11,13-14,17H,4,6-7,9-10,12H2,1-3H3. The van der Waals surface area contributed by atoms with Crippen LogP contribution in [0.1, 0.15) is 45.7 Å². The van der Waals surface area contributed by atoms with Crippen LogP contribution in [0.3, 0.4) is 0 Å². The molecule has 0 aliphatic carbocycles. The predicted molar refractivity (Wildman–Crippen MR) is 81.4 cm³/mol. The Morgan fingerprint density at radius 1 is 1.42 bits per heavy atom. The Morgan fingerprint density at radius 3 is 3.00 bits per heavy atom. The zero-order valence-corrected chi connectivity index (χ0v) is 12.5. The third kappa shape index (κ3) is 3.93. The molecule has 0 amide bonds. The quantitative estimate of drug-likeness (QED) is 0.825. The zero-order valence-electron chi connectivity index (χ0n) is 12.5. The van der Waals surface area contributed by atoms with Crippen molar-refractivity contribution in [3.63, 3.8) is 0 Å². The van der Waals surface area contributed by atoms with E-state index in [0.29, 0.717) is 6.04 Å². The van der Waals surface area contributed by atoms with E-state index in [-0.39, 0.29) is 0 Å². The Hall–Kier alpha value is -1.09. The molecule has 0 saturated carbocycles. The van der Waals surface area contributed by atoms with Gasteiger partial charge < -0.3 is 10.2 Å². The van der Waals surface area contributed by atoms with E-state index in [9.17, 15) is 0 Å². The molecule has 0 radical (unpaired) electrons. The van der Waals surface area contributed by atoms with Gasteiger partial charge in [-0.1, -0.05) is 13.8 Å². The molecule has 19 heavy (non-hydrogen) atoms. The van der Waals surface area contributed by atoms with E-state index in [1.807, 2.05) is 6.20 Å². The first-order valence-corrected chi connectivity index (χ1v) is 7.63. The monoisotopic (exact) mass is 261 g/mol. The minimum absolute atomic E-state index is 0.641. The van der Waals surface area contributed by atoms with E-state index in [1.54, 1.807) is 0 Å². The lowest BCUT2D eigenvalue weighted by atomic mass is 9.93. The van der Waals surface area contributed by atoms with Gasteiger partial charge in [-0.05, 0) is 50.8 Å². The first-order valence-electron chi connectivity index (χ1n) is 7.63. The fourth-order valence-electron chi connectivity index (χ4n) is 2.92. The van der Waals surface area contributed by atoms with Crippen LogP contribution in [-0.2, 0) is 6.54 Å². The summed E-state index contributed by atoms with van der Waals surface area (Å²) >= 11 is 0. The van der Waals surface area contributed by atoms with Crippen molar-refractivity contribution in [2.45, 2.75) is 52.6 Å². The fourth-order valence-corrected chi connectivity index (χ4v) is 2.92. The van der Waals surface area contributed by atoms with Gasteiger partial charge in [-0.2, -0.15) is 0 Å². The summed E-state index contributed by atoms with van der Waals surface area (Å²) in [4.78, 5) is 6.99. The minimum Gasteiger partial charge on any atom is -0.369 e. The minimum atomic E-state index is 0.641.